The Morgan fingerprint density at radius 2 is 1.75 bits per heavy atom. The zero-order valence-corrected chi connectivity index (χ0v) is 13.6. The molecule has 0 unspecified atom stereocenters. The summed E-state index contributed by atoms with van der Waals surface area (Å²) in [4.78, 5) is 14.7. The molecule has 2 fully saturated rings. The SMILES string of the molecule is CC(C)(C)NCCC(=O)N(CC1CCCCC1)C1CC1. The molecule has 0 aliphatic heterocycles. The van der Waals surface area contributed by atoms with E-state index in [1.165, 1.54) is 44.9 Å². The first-order chi connectivity index (χ1) is 9.46. The van der Waals surface area contributed by atoms with E-state index >= 15 is 0 Å². The molecule has 0 spiro atoms. The standard InChI is InChI=1S/C17H32N2O/c1-17(2,3)18-12-11-16(20)19(15-9-10-15)13-14-7-5-4-6-8-14/h14-15,18H,4-13H2,1-3H3. The maximum Gasteiger partial charge on any atom is 0.224 e. The normalized spacial score (nSPS) is 20.9. The Morgan fingerprint density at radius 1 is 1.10 bits per heavy atom. The predicted octanol–water partition coefficient (Wildman–Crippen LogP) is 3.34. The van der Waals surface area contributed by atoms with Crippen molar-refractivity contribution in [3.63, 3.8) is 0 Å². The first kappa shape index (κ1) is 15.8. The molecule has 2 aliphatic carbocycles. The molecule has 1 amide bonds. The number of carbonyl (C=O) groups excluding carboxylic acids is 1. The highest BCUT2D eigenvalue weighted by Gasteiger charge is 2.33. The zero-order valence-electron chi connectivity index (χ0n) is 13.6. The zero-order chi connectivity index (χ0) is 14.6. The highest BCUT2D eigenvalue weighted by Crippen LogP contribution is 2.31. The van der Waals surface area contributed by atoms with E-state index in [-0.39, 0.29) is 5.54 Å². The molecule has 0 heterocycles. The van der Waals surface area contributed by atoms with Crippen molar-refractivity contribution in [2.45, 2.75) is 83.7 Å². The van der Waals surface area contributed by atoms with Crippen LogP contribution in [0.15, 0.2) is 0 Å². The molecule has 0 saturated heterocycles. The van der Waals surface area contributed by atoms with Gasteiger partial charge in [-0.1, -0.05) is 19.3 Å². The maximum absolute atomic E-state index is 12.5. The van der Waals surface area contributed by atoms with Crippen LogP contribution in [-0.4, -0.2) is 35.5 Å². The van der Waals surface area contributed by atoms with E-state index in [1.54, 1.807) is 0 Å². The Morgan fingerprint density at radius 3 is 2.30 bits per heavy atom. The first-order valence-corrected chi connectivity index (χ1v) is 8.50. The number of nitrogens with one attached hydrogen (secondary N) is 1. The monoisotopic (exact) mass is 280 g/mol. The van der Waals surface area contributed by atoms with Gasteiger partial charge in [-0.2, -0.15) is 0 Å². The van der Waals surface area contributed by atoms with Crippen molar-refractivity contribution in [2.75, 3.05) is 13.1 Å². The van der Waals surface area contributed by atoms with Gasteiger partial charge in [-0.05, 0) is 52.4 Å². The molecule has 0 aromatic heterocycles. The third-order valence-electron chi connectivity index (χ3n) is 4.48. The smallest absolute Gasteiger partial charge is 0.224 e. The van der Waals surface area contributed by atoms with Crippen molar-refractivity contribution in [3.8, 4) is 0 Å². The van der Waals surface area contributed by atoms with Crippen LogP contribution in [-0.2, 0) is 4.79 Å². The summed E-state index contributed by atoms with van der Waals surface area (Å²) in [7, 11) is 0. The molecule has 0 aromatic rings. The van der Waals surface area contributed by atoms with Crippen molar-refractivity contribution < 1.29 is 4.79 Å². The fourth-order valence-electron chi connectivity index (χ4n) is 3.18. The molecule has 0 aromatic carbocycles. The van der Waals surface area contributed by atoms with Crippen molar-refractivity contribution in [3.05, 3.63) is 0 Å². The van der Waals surface area contributed by atoms with Crippen molar-refractivity contribution in [1.29, 1.82) is 0 Å². The van der Waals surface area contributed by atoms with E-state index in [4.69, 9.17) is 0 Å². The molecule has 1 N–H and O–H groups in total. The van der Waals surface area contributed by atoms with Crippen molar-refractivity contribution in [1.82, 2.24) is 10.2 Å². The summed E-state index contributed by atoms with van der Waals surface area (Å²) in [6.45, 7) is 8.28. The van der Waals surface area contributed by atoms with Crippen LogP contribution >= 0.6 is 0 Å². The Hall–Kier alpha value is -0.570. The number of hydrogen-bond donors (Lipinski definition) is 1. The molecule has 116 valence electrons. The Bertz CT molecular complexity index is 311. The third-order valence-corrected chi connectivity index (χ3v) is 4.48. The van der Waals surface area contributed by atoms with E-state index in [0.29, 0.717) is 18.4 Å². The molecule has 0 atom stereocenters. The second-order valence-electron chi connectivity index (χ2n) is 7.71. The van der Waals surface area contributed by atoms with Gasteiger partial charge in [0, 0.05) is 31.1 Å². The summed E-state index contributed by atoms with van der Waals surface area (Å²) in [6.07, 6.45) is 9.89. The summed E-state index contributed by atoms with van der Waals surface area (Å²) in [5, 5.41) is 3.42. The largest absolute Gasteiger partial charge is 0.339 e. The van der Waals surface area contributed by atoms with Gasteiger partial charge in [-0.3, -0.25) is 4.79 Å². The Balaban J connectivity index is 1.77. The molecule has 2 rings (SSSR count). The fraction of sp³-hybridized carbons (Fsp3) is 0.941. The van der Waals surface area contributed by atoms with Gasteiger partial charge in [-0.15, -0.1) is 0 Å². The van der Waals surface area contributed by atoms with Crippen LogP contribution in [0.3, 0.4) is 0 Å². The molecular formula is C17H32N2O. The number of nitrogens with zero attached hydrogens (tertiary/aromatic N) is 1. The molecular weight excluding hydrogens is 248 g/mol. The lowest BCUT2D eigenvalue weighted by atomic mass is 9.89. The van der Waals surface area contributed by atoms with Crippen LogP contribution in [0.25, 0.3) is 0 Å². The van der Waals surface area contributed by atoms with Crippen LogP contribution in [0.2, 0.25) is 0 Å². The molecule has 20 heavy (non-hydrogen) atoms. The lowest BCUT2D eigenvalue weighted by Crippen LogP contribution is -2.42. The number of rotatable bonds is 6. The summed E-state index contributed by atoms with van der Waals surface area (Å²) < 4.78 is 0. The molecule has 2 saturated carbocycles. The first-order valence-electron chi connectivity index (χ1n) is 8.50. The molecule has 2 aliphatic rings. The van der Waals surface area contributed by atoms with Gasteiger partial charge in [0.15, 0.2) is 0 Å². The lowest BCUT2D eigenvalue weighted by molar-refractivity contribution is -0.132. The average Bonchev–Trinajstić information content (AvgIpc) is 3.19. The van der Waals surface area contributed by atoms with Crippen LogP contribution < -0.4 is 5.32 Å². The van der Waals surface area contributed by atoms with Gasteiger partial charge in [0.25, 0.3) is 0 Å². The lowest BCUT2D eigenvalue weighted by Gasteiger charge is -2.30. The van der Waals surface area contributed by atoms with Gasteiger partial charge in [0.2, 0.25) is 5.91 Å². The van der Waals surface area contributed by atoms with E-state index < -0.39 is 0 Å². The van der Waals surface area contributed by atoms with Gasteiger partial charge in [0.1, 0.15) is 0 Å². The minimum atomic E-state index is 0.105. The van der Waals surface area contributed by atoms with Crippen LogP contribution in [0.5, 0.6) is 0 Å². The number of hydrogen-bond acceptors (Lipinski definition) is 2. The topological polar surface area (TPSA) is 32.3 Å². The molecule has 3 nitrogen and oxygen atoms in total. The van der Waals surface area contributed by atoms with E-state index in [0.717, 1.165) is 19.0 Å². The van der Waals surface area contributed by atoms with Crippen LogP contribution in [0, 0.1) is 5.92 Å². The summed E-state index contributed by atoms with van der Waals surface area (Å²) in [5.41, 5.74) is 0.105. The van der Waals surface area contributed by atoms with Gasteiger partial charge in [0.05, 0.1) is 0 Å². The quantitative estimate of drug-likeness (QED) is 0.809. The van der Waals surface area contributed by atoms with Crippen molar-refractivity contribution in [2.24, 2.45) is 5.92 Å². The summed E-state index contributed by atoms with van der Waals surface area (Å²) >= 11 is 0. The molecule has 3 heteroatoms. The molecule has 0 bridgehead atoms. The second-order valence-corrected chi connectivity index (χ2v) is 7.71. The highest BCUT2D eigenvalue weighted by atomic mass is 16.2. The number of amides is 1. The second kappa shape index (κ2) is 6.93. The van der Waals surface area contributed by atoms with E-state index in [1.807, 2.05) is 0 Å². The Labute approximate surface area is 124 Å². The van der Waals surface area contributed by atoms with Gasteiger partial charge >= 0.3 is 0 Å². The minimum absolute atomic E-state index is 0.105. The fourth-order valence-corrected chi connectivity index (χ4v) is 3.18. The van der Waals surface area contributed by atoms with E-state index in [9.17, 15) is 4.79 Å². The number of carbonyl (C=O) groups is 1. The third kappa shape index (κ3) is 5.43. The van der Waals surface area contributed by atoms with E-state index in [2.05, 4.69) is 31.0 Å². The predicted molar refractivity (Wildman–Crippen MR) is 83.7 cm³/mol. The minimum Gasteiger partial charge on any atom is -0.339 e. The van der Waals surface area contributed by atoms with Crippen molar-refractivity contribution >= 4 is 5.91 Å². The highest BCUT2D eigenvalue weighted by molar-refractivity contribution is 5.77. The van der Waals surface area contributed by atoms with Gasteiger partial charge in [-0.25, -0.2) is 0 Å². The Kier molecular flexibility index (Phi) is 5.48. The average molecular weight is 280 g/mol. The maximum atomic E-state index is 12.5. The molecule has 0 radical (unpaired) electrons. The van der Waals surface area contributed by atoms with Crippen LogP contribution in [0.4, 0.5) is 0 Å². The van der Waals surface area contributed by atoms with Crippen LogP contribution in [0.1, 0.15) is 72.1 Å². The summed E-state index contributed by atoms with van der Waals surface area (Å²) in [6, 6.07) is 0.569. The summed E-state index contributed by atoms with van der Waals surface area (Å²) in [5.74, 6) is 1.14. The van der Waals surface area contributed by atoms with Gasteiger partial charge < -0.3 is 10.2 Å².